The van der Waals surface area contributed by atoms with Gasteiger partial charge in [0.1, 0.15) is 19.0 Å². The van der Waals surface area contributed by atoms with Gasteiger partial charge in [-0.05, 0) is 24.6 Å². The molecule has 2 heterocycles. The van der Waals surface area contributed by atoms with Gasteiger partial charge in [0.25, 0.3) is 0 Å². The number of ether oxygens (including phenoxy) is 2. The number of hydrogen-bond donors (Lipinski definition) is 1. The molecule has 1 aliphatic heterocycles. The lowest BCUT2D eigenvalue weighted by Gasteiger charge is -2.21. The summed E-state index contributed by atoms with van der Waals surface area (Å²) < 4.78 is 12.9. The zero-order valence-corrected chi connectivity index (χ0v) is 10.4. The van der Waals surface area contributed by atoms with Crippen molar-refractivity contribution in [3.63, 3.8) is 0 Å². The minimum atomic E-state index is 0.583. The molecule has 0 atom stereocenters. The number of nitrogens with two attached hydrogens (primary N) is 1. The fourth-order valence-electron chi connectivity index (χ4n) is 2.20. The summed E-state index contributed by atoms with van der Waals surface area (Å²) in [6.45, 7) is 3.19. The van der Waals surface area contributed by atoms with Gasteiger partial charge < -0.3 is 15.2 Å². The van der Waals surface area contributed by atoms with Crippen molar-refractivity contribution in [1.29, 1.82) is 0 Å². The number of nitrogen functional groups attached to an aromatic ring is 1. The van der Waals surface area contributed by atoms with Crippen molar-refractivity contribution in [3.8, 4) is 22.6 Å². The molecule has 0 unspecified atom stereocenters. The molecule has 0 fully saturated rings. The molecule has 5 heteroatoms. The first-order valence-electron chi connectivity index (χ1n) is 5.85. The molecule has 0 spiro atoms. The highest BCUT2D eigenvalue weighted by atomic mass is 16.6. The van der Waals surface area contributed by atoms with Crippen LogP contribution in [-0.4, -0.2) is 23.0 Å². The molecule has 0 amide bonds. The van der Waals surface area contributed by atoms with Crippen molar-refractivity contribution in [2.75, 3.05) is 18.9 Å². The quantitative estimate of drug-likeness (QED) is 0.831. The van der Waals surface area contributed by atoms with Gasteiger partial charge in [-0.15, -0.1) is 0 Å². The van der Waals surface area contributed by atoms with Crippen LogP contribution in [0.1, 0.15) is 5.56 Å². The van der Waals surface area contributed by atoms with Crippen LogP contribution in [0.3, 0.4) is 0 Å². The Bertz CT molecular complexity index is 605. The maximum Gasteiger partial charge on any atom is 0.164 e. The largest absolute Gasteiger partial charge is 0.486 e. The Kier molecular flexibility index (Phi) is 2.40. The van der Waals surface area contributed by atoms with Gasteiger partial charge in [0.05, 0.1) is 6.20 Å². The Balaban J connectivity index is 2.16. The van der Waals surface area contributed by atoms with Gasteiger partial charge in [0, 0.05) is 18.2 Å². The van der Waals surface area contributed by atoms with Crippen molar-refractivity contribution in [3.05, 3.63) is 23.9 Å². The first-order chi connectivity index (χ1) is 8.68. The van der Waals surface area contributed by atoms with Crippen molar-refractivity contribution in [1.82, 2.24) is 9.78 Å². The molecule has 94 valence electrons. The van der Waals surface area contributed by atoms with Crippen LogP contribution >= 0.6 is 0 Å². The highest BCUT2D eigenvalue weighted by Gasteiger charge is 2.19. The summed E-state index contributed by atoms with van der Waals surface area (Å²) in [4.78, 5) is 0. The average Bonchev–Trinajstić information content (AvgIpc) is 2.71. The molecule has 1 aromatic heterocycles. The van der Waals surface area contributed by atoms with E-state index in [4.69, 9.17) is 15.2 Å². The summed E-state index contributed by atoms with van der Waals surface area (Å²) in [5.74, 6) is 2.25. The van der Waals surface area contributed by atoms with Crippen LogP contribution in [-0.2, 0) is 7.05 Å². The number of nitrogens with zero attached hydrogens (tertiary/aromatic N) is 2. The summed E-state index contributed by atoms with van der Waals surface area (Å²) in [6, 6.07) is 3.92. The van der Waals surface area contributed by atoms with E-state index in [0.717, 1.165) is 28.2 Å². The van der Waals surface area contributed by atoms with Crippen molar-refractivity contribution in [2.45, 2.75) is 6.92 Å². The van der Waals surface area contributed by atoms with Gasteiger partial charge in [-0.3, -0.25) is 4.68 Å². The average molecular weight is 245 g/mol. The lowest BCUT2D eigenvalue weighted by Crippen LogP contribution is -2.16. The molecule has 1 aromatic carbocycles. The predicted molar refractivity (Wildman–Crippen MR) is 68.8 cm³/mol. The molecular weight excluding hydrogens is 230 g/mol. The summed E-state index contributed by atoms with van der Waals surface area (Å²) >= 11 is 0. The van der Waals surface area contributed by atoms with Crippen LogP contribution in [0.25, 0.3) is 11.1 Å². The zero-order valence-electron chi connectivity index (χ0n) is 10.4. The van der Waals surface area contributed by atoms with Gasteiger partial charge in [-0.25, -0.2) is 0 Å². The molecule has 2 aromatic rings. The zero-order chi connectivity index (χ0) is 12.7. The lowest BCUT2D eigenvalue weighted by molar-refractivity contribution is 0.170. The summed E-state index contributed by atoms with van der Waals surface area (Å²) in [6.07, 6.45) is 1.77. The minimum Gasteiger partial charge on any atom is -0.486 e. The Morgan fingerprint density at radius 2 is 2.00 bits per heavy atom. The second-order valence-corrected chi connectivity index (χ2v) is 4.33. The Morgan fingerprint density at radius 3 is 2.72 bits per heavy atom. The molecule has 5 nitrogen and oxygen atoms in total. The molecule has 0 saturated heterocycles. The molecule has 18 heavy (non-hydrogen) atoms. The highest BCUT2D eigenvalue weighted by molar-refractivity contribution is 5.78. The summed E-state index contributed by atoms with van der Waals surface area (Å²) in [5, 5.41) is 4.17. The van der Waals surface area contributed by atoms with E-state index < -0.39 is 0 Å². The van der Waals surface area contributed by atoms with E-state index in [9.17, 15) is 0 Å². The van der Waals surface area contributed by atoms with Gasteiger partial charge in [-0.2, -0.15) is 5.10 Å². The maximum atomic E-state index is 6.01. The highest BCUT2D eigenvalue weighted by Crippen LogP contribution is 2.40. The third kappa shape index (κ3) is 1.51. The van der Waals surface area contributed by atoms with Crippen LogP contribution in [0.4, 0.5) is 5.82 Å². The van der Waals surface area contributed by atoms with Crippen molar-refractivity contribution < 1.29 is 9.47 Å². The van der Waals surface area contributed by atoms with Gasteiger partial charge >= 0.3 is 0 Å². The molecular formula is C13H15N3O2. The fraction of sp³-hybridized carbons (Fsp3) is 0.308. The molecule has 0 radical (unpaired) electrons. The van der Waals surface area contributed by atoms with Gasteiger partial charge in [-0.1, -0.05) is 0 Å². The molecule has 0 aliphatic carbocycles. The van der Waals surface area contributed by atoms with Crippen LogP contribution < -0.4 is 15.2 Å². The monoisotopic (exact) mass is 245 g/mol. The van der Waals surface area contributed by atoms with E-state index >= 15 is 0 Å². The Labute approximate surface area is 105 Å². The summed E-state index contributed by atoms with van der Waals surface area (Å²) in [5.41, 5.74) is 9.00. The van der Waals surface area contributed by atoms with E-state index in [-0.39, 0.29) is 0 Å². The lowest BCUT2D eigenvalue weighted by atomic mass is 10.0. The number of benzene rings is 1. The molecule has 1 aliphatic rings. The maximum absolute atomic E-state index is 6.01. The third-order valence-corrected chi connectivity index (χ3v) is 3.23. The van der Waals surface area contributed by atoms with E-state index in [1.807, 2.05) is 26.1 Å². The number of rotatable bonds is 1. The second-order valence-electron chi connectivity index (χ2n) is 4.33. The fourth-order valence-corrected chi connectivity index (χ4v) is 2.20. The third-order valence-electron chi connectivity index (χ3n) is 3.23. The number of fused-ring (bicyclic) bond motifs is 1. The Morgan fingerprint density at radius 1 is 1.22 bits per heavy atom. The summed E-state index contributed by atoms with van der Waals surface area (Å²) in [7, 11) is 1.83. The normalized spacial score (nSPS) is 13.7. The Hall–Kier alpha value is -2.17. The van der Waals surface area contributed by atoms with Crippen LogP contribution in [0, 0.1) is 6.92 Å². The molecule has 3 rings (SSSR count). The van der Waals surface area contributed by atoms with Crippen molar-refractivity contribution >= 4 is 5.82 Å². The minimum absolute atomic E-state index is 0.583. The smallest absolute Gasteiger partial charge is 0.164 e. The molecule has 0 saturated carbocycles. The number of anilines is 1. The predicted octanol–water partition coefficient (Wildman–Crippen LogP) is 1.75. The molecule has 2 N–H and O–H groups in total. The molecule has 0 bridgehead atoms. The first kappa shape index (κ1) is 11.0. The van der Waals surface area contributed by atoms with E-state index in [2.05, 4.69) is 5.10 Å². The topological polar surface area (TPSA) is 62.3 Å². The SMILES string of the molecule is Cc1c(-c2cnn(C)c2N)ccc2c1OCCO2. The van der Waals surface area contributed by atoms with Gasteiger partial charge in [0.2, 0.25) is 0 Å². The standard InChI is InChI=1S/C13H15N3O2/c1-8-9(10-7-15-16(2)13(10)14)3-4-11-12(8)18-6-5-17-11/h3-4,7H,5-6,14H2,1-2H3. The van der Waals surface area contributed by atoms with E-state index in [1.54, 1.807) is 10.9 Å². The first-order valence-corrected chi connectivity index (χ1v) is 5.85. The van der Waals surface area contributed by atoms with E-state index in [0.29, 0.717) is 19.0 Å². The second kappa shape index (κ2) is 3.94. The number of aryl methyl sites for hydroxylation is 1. The van der Waals surface area contributed by atoms with Crippen molar-refractivity contribution in [2.24, 2.45) is 7.05 Å². The number of hydrogen-bond acceptors (Lipinski definition) is 4. The number of aromatic nitrogens is 2. The van der Waals surface area contributed by atoms with Crippen LogP contribution in [0.15, 0.2) is 18.3 Å². The van der Waals surface area contributed by atoms with Crippen LogP contribution in [0.5, 0.6) is 11.5 Å². The van der Waals surface area contributed by atoms with Gasteiger partial charge in [0.15, 0.2) is 11.5 Å². The van der Waals surface area contributed by atoms with E-state index in [1.165, 1.54) is 0 Å². The van der Waals surface area contributed by atoms with Crippen LogP contribution in [0.2, 0.25) is 0 Å².